The molecule has 0 amide bonds. The van der Waals surface area contributed by atoms with Gasteiger partial charge in [-0.1, -0.05) is 24.3 Å². The van der Waals surface area contributed by atoms with Gasteiger partial charge in [0.15, 0.2) is 0 Å². The van der Waals surface area contributed by atoms with Crippen LogP contribution in [0.1, 0.15) is 24.0 Å². The summed E-state index contributed by atoms with van der Waals surface area (Å²) in [6.45, 7) is 10.8. The largest absolute Gasteiger partial charge is 0.381 e. The molecule has 0 aliphatic carbocycles. The van der Waals surface area contributed by atoms with Crippen LogP contribution in [0.4, 0.5) is 0 Å². The maximum absolute atomic E-state index is 6.22. The van der Waals surface area contributed by atoms with E-state index in [1.54, 1.807) is 0 Å². The molecule has 25 heavy (non-hydrogen) atoms. The monoisotopic (exact) mass is 345 g/mol. The number of nitrogens with zero attached hydrogens (tertiary/aromatic N) is 1. The van der Waals surface area contributed by atoms with Crippen LogP contribution in [0.15, 0.2) is 24.3 Å². The van der Waals surface area contributed by atoms with Crippen molar-refractivity contribution in [2.45, 2.75) is 26.3 Å². The summed E-state index contributed by atoms with van der Waals surface area (Å²) in [6.07, 6.45) is 2.29. The second kappa shape index (κ2) is 7.75. The summed E-state index contributed by atoms with van der Waals surface area (Å²) in [5.74, 6) is 1.29. The fourth-order valence-electron chi connectivity index (χ4n) is 4.64. The van der Waals surface area contributed by atoms with Gasteiger partial charge in [-0.2, -0.15) is 0 Å². The van der Waals surface area contributed by atoms with Gasteiger partial charge in [0.25, 0.3) is 0 Å². The zero-order chi connectivity index (χ0) is 17.1. The first-order valence-electron chi connectivity index (χ1n) is 9.75. The van der Waals surface area contributed by atoms with E-state index >= 15 is 0 Å². The van der Waals surface area contributed by atoms with E-state index in [1.807, 2.05) is 0 Å². The van der Waals surface area contributed by atoms with Gasteiger partial charge in [0.1, 0.15) is 0 Å². The summed E-state index contributed by atoms with van der Waals surface area (Å²) in [4.78, 5) is 2.60. The summed E-state index contributed by atoms with van der Waals surface area (Å²) < 4.78 is 17.5. The van der Waals surface area contributed by atoms with Crippen LogP contribution in [0.5, 0.6) is 0 Å². The lowest BCUT2D eigenvalue weighted by Crippen LogP contribution is -2.36. The van der Waals surface area contributed by atoms with Gasteiger partial charge in [-0.15, -0.1) is 0 Å². The minimum absolute atomic E-state index is 0.202. The van der Waals surface area contributed by atoms with Crippen LogP contribution in [0.3, 0.4) is 0 Å². The summed E-state index contributed by atoms with van der Waals surface area (Å²) in [5, 5.41) is 0. The van der Waals surface area contributed by atoms with Gasteiger partial charge < -0.3 is 14.2 Å². The third-order valence-corrected chi connectivity index (χ3v) is 6.33. The van der Waals surface area contributed by atoms with Gasteiger partial charge in [0, 0.05) is 50.8 Å². The quantitative estimate of drug-likeness (QED) is 0.793. The predicted octanol–water partition coefficient (Wildman–Crippen LogP) is 2.89. The van der Waals surface area contributed by atoms with E-state index < -0.39 is 0 Å². The molecule has 0 unspecified atom stereocenters. The SMILES string of the molecule is Cc1ccccc1CN1C[C@@H]2COC[C@]2(COCC2CCOCC2)C1. The molecule has 3 fully saturated rings. The van der Waals surface area contributed by atoms with Gasteiger partial charge in [0.2, 0.25) is 0 Å². The van der Waals surface area contributed by atoms with Crippen LogP contribution in [0, 0.1) is 24.2 Å². The normalized spacial score (nSPS) is 30.7. The molecule has 3 aliphatic rings. The molecule has 4 nitrogen and oxygen atoms in total. The molecule has 3 heterocycles. The third kappa shape index (κ3) is 3.92. The second-order valence-corrected chi connectivity index (χ2v) is 8.24. The molecular weight excluding hydrogens is 314 g/mol. The lowest BCUT2D eigenvalue weighted by molar-refractivity contribution is -0.0157. The highest BCUT2D eigenvalue weighted by Crippen LogP contribution is 2.42. The number of ether oxygens (including phenoxy) is 3. The Labute approximate surface area is 151 Å². The Bertz CT molecular complexity index is 572. The average Bonchev–Trinajstić information content (AvgIpc) is 3.14. The molecular formula is C21H31NO3. The third-order valence-electron chi connectivity index (χ3n) is 6.33. The van der Waals surface area contributed by atoms with Gasteiger partial charge >= 0.3 is 0 Å². The Kier molecular flexibility index (Phi) is 5.41. The minimum Gasteiger partial charge on any atom is -0.381 e. The lowest BCUT2D eigenvalue weighted by atomic mass is 9.82. The fourth-order valence-corrected chi connectivity index (χ4v) is 4.64. The molecule has 2 atom stereocenters. The van der Waals surface area contributed by atoms with E-state index in [1.165, 1.54) is 11.1 Å². The van der Waals surface area contributed by atoms with Gasteiger partial charge in [-0.25, -0.2) is 0 Å². The van der Waals surface area contributed by atoms with Crippen molar-refractivity contribution in [1.29, 1.82) is 0 Å². The van der Waals surface area contributed by atoms with Crippen molar-refractivity contribution < 1.29 is 14.2 Å². The number of aryl methyl sites for hydroxylation is 1. The molecule has 138 valence electrons. The lowest BCUT2D eigenvalue weighted by Gasteiger charge is -2.29. The molecule has 0 bridgehead atoms. The highest BCUT2D eigenvalue weighted by molar-refractivity contribution is 5.25. The second-order valence-electron chi connectivity index (χ2n) is 8.24. The fraction of sp³-hybridized carbons (Fsp3) is 0.714. The van der Waals surface area contributed by atoms with Crippen LogP contribution in [-0.4, -0.2) is 57.6 Å². The molecule has 4 heteroatoms. The van der Waals surface area contributed by atoms with E-state index in [-0.39, 0.29) is 5.41 Å². The van der Waals surface area contributed by atoms with E-state index in [2.05, 4.69) is 36.1 Å². The average molecular weight is 345 g/mol. The van der Waals surface area contributed by atoms with Crippen molar-refractivity contribution in [3.63, 3.8) is 0 Å². The molecule has 0 saturated carbocycles. The van der Waals surface area contributed by atoms with Crippen molar-refractivity contribution in [3.05, 3.63) is 35.4 Å². The zero-order valence-electron chi connectivity index (χ0n) is 15.4. The van der Waals surface area contributed by atoms with Gasteiger partial charge in [-0.05, 0) is 36.8 Å². The van der Waals surface area contributed by atoms with Crippen molar-refractivity contribution in [1.82, 2.24) is 4.90 Å². The topological polar surface area (TPSA) is 30.9 Å². The van der Waals surface area contributed by atoms with E-state index in [0.29, 0.717) is 11.8 Å². The van der Waals surface area contributed by atoms with Crippen molar-refractivity contribution in [2.75, 3.05) is 52.7 Å². The molecule has 0 radical (unpaired) electrons. The first-order chi connectivity index (χ1) is 12.3. The number of rotatable bonds is 6. The van der Waals surface area contributed by atoms with Crippen LogP contribution in [0.2, 0.25) is 0 Å². The summed E-state index contributed by atoms with van der Waals surface area (Å²) >= 11 is 0. The standard InChI is InChI=1S/C21H31NO3/c1-17-4-2-3-5-19(17)10-22-11-20-13-25-16-21(20,14-22)15-24-12-18-6-8-23-9-7-18/h2-5,18,20H,6-16H2,1H3/t20-,21-/m1/s1. The Morgan fingerprint density at radius 2 is 2.04 bits per heavy atom. The highest BCUT2D eigenvalue weighted by Gasteiger charge is 2.50. The van der Waals surface area contributed by atoms with Crippen LogP contribution in [-0.2, 0) is 20.8 Å². The van der Waals surface area contributed by atoms with Crippen molar-refractivity contribution in [2.24, 2.45) is 17.3 Å². The predicted molar refractivity (Wildman–Crippen MR) is 97.6 cm³/mol. The van der Waals surface area contributed by atoms with Crippen LogP contribution in [0.25, 0.3) is 0 Å². The van der Waals surface area contributed by atoms with E-state index in [9.17, 15) is 0 Å². The molecule has 0 aromatic heterocycles. The van der Waals surface area contributed by atoms with Crippen molar-refractivity contribution >= 4 is 0 Å². The Hall–Kier alpha value is -0.940. The molecule has 1 aromatic rings. The van der Waals surface area contributed by atoms with Gasteiger partial charge in [0.05, 0.1) is 19.8 Å². The number of likely N-dealkylation sites (tertiary alicyclic amines) is 1. The summed E-state index contributed by atoms with van der Waals surface area (Å²) in [5.41, 5.74) is 3.04. The maximum atomic E-state index is 6.22. The summed E-state index contributed by atoms with van der Waals surface area (Å²) in [7, 11) is 0. The van der Waals surface area contributed by atoms with E-state index in [0.717, 1.165) is 72.1 Å². The molecule has 0 N–H and O–H groups in total. The highest BCUT2D eigenvalue weighted by atomic mass is 16.5. The Balaban J connectivity index is 1.33. The Morgan fingerprint density at radius 1 is 1.20 bits per heavy atom. The smallest absolute Gasteiger partial charge is 0.0561 e. The molecule has 3 aliphatic heterocycles. The number of hydrogen-bond donors (Lipinski definition) is 0. The number of hydrogen-bond acceptors (Lipinski definition) is 4. The number of fused-ring (bicyclic) bond motifs is 1. The van der Waals surface area contributed by atoms with Crippen LogP contribution < -0.4 is 0 Å². The number of benzene rings is 1. The summed E-state index contributed by atoms with van der Waals surface area (Å²) in [6, 6.07) is 8.74. The minimum atomic E-state index is 0.202. The molecule has 4 rings (SSSR count). The first kappa shape index (κ1) is 17.5. The maximum Gasteiger partial charge on any atom is 0.0561 e. The van der Waals surface area contributed by atoms with Crippen molar-refractivity contribution in [3.8, 4) is 0 Å². The first-order valence-corrected chi connectivity index (χ1v) is 9.75. The molecule has 1 aromatic carbocycles. The zero-order valence-corrected chi connectivity index (χ0v) is 15.4. The van der Waals surface area contributed by atoms with E-state index in [4.69, 9.17) is 14.2 Å². The molecule has 3 saturated heterocycles. The molecule has 0 spiro atoms. The van der Waals surface area contributed by atoms with Crippen LogP contribution >= 0.6 is 0 Å². The van der Waals surface area contributed by atoms with Gasteiger partial charge in [-0.3, -0.25) is 4.90 Å². The Morgan fingerprint density at radius 3 is 2.88 bits per heavy atom.